The van der Waals surface area contributed by atoms with Crippen LogP contribution in [0.4, 0.5) is 5.69 Å². The van der Waals surface area contributed by atoms with E-state index in [1.165, 1.54) is 0 Å². The highest BCUT2D eigenvalue weighted by atomic mass is 35.5. The maximum Gasteiger partial charge on any atom is 0.255 e. The minimum Gasteiger partial charge on any atom is -0.491 e. The first-order valence-electron chi connectivity index (χ1n) is 7.62. The van der Waals surface area contributed by atoms with E-state index in [4.69, 9.17) is 21.1 Å². The maximum atomic E-state index is 12.2. The molecule has 2 aromatic rings. The van der Waals surface area contributed by atoms with Gasteiger partial charge in [-0.1, -0.05) is 17.7 Å². The maximum absolute atomic E-state index is 12.2. The Hall–Kier alpha value is -2.04. The van der Waals surface area contributed by atoms with Crippen LogP contribution in [-0.4, -0.2) is 25.2 Å². The van der Waals surface area contributed by atoms with E-state index in [2.05, 4.69) is 5.32 Å². The van der Waals surface area contributed by atoms with Crippen molar-refractivity contribution in [1.82, 2.24) is 0 Å². The van der Waals surface area contributed by atoms with Crippen molar-refractivity contribution < 1.29 is 14.3 Å². The normalized spacial score (nSPS) is 17.0. The number of anilines is 1. The predicted molar refractivity (Wildman–Crippen MR) is 90.3 cm³/mol. The van der Waals surface area contributed by atoms with Gasteiger partial charge in [0.25, 0.3) is 5.91 Å². The van der Waals surface area contributed by atoms with Crippen LogP contribution in [0.3, 0.4) is 0 Å². The number of carbonyl (C=O) groups is 1. The van der Waals surface area contributed by atoms with Crippen molar-refractivity contribution in [2.75, 3.05) is 18.5 Å². The van der Waals surface area contributed by atoms with Crippen LogP contribution < -0.4 is 10.1 Å². The van der Waals surface area contributed by atoms with E-state index in [1.54, 1.807) is 24.3 Å². The Morgan fingerprint density at radius 2 is 2.09 bits per heavy atom. The average Bonchev–Trinajstić information content (AvgIpc) is 3.07. The molecule has 120 valence electrons. The van der Waals surface area contributed by atoms with Gasteiger partial charge in [0.15, 0.2) is 0 Å². The van der Waals surface area contributed by atoms with Gasteiger partial charge >= 0.3 is 0 Å². The second-order valence-corrected chi connectivity index (χ2v) is 5.87. The van der Waals surface area contributed by atoms with Crippen LogP contribution >= 0.6 is 11.6 Å². The van der Waals surface area contributed by atoms with Gasteiger partial charge in [-0.05, 0) is 49.2 Å². The molecule has 5 heteroatoms. The zero-order chi connectivity index (χ0) is 16.1. The Bertz CT molecular complexity index is 666. The van der Waals surface area contributed by atoms with Gasteiger partial charge in [-0.15, -0.1) is 0 Å². The molecule has 0 unspecified atom stereocenters. The number of benzene rings is 2. The molecule has 1 heterocycles. The van der Waals surface area contributed by atoms with Crippen molar-refractivity contribution in [2.24, 2.45) is 0 Å². The van der Waals surface area contributed by atoms with Crippen molar-refractivity contribution in [3.8, 4) is 5.75 Å². The molecule has 1 amide bonds. The zero-order valence-corrected chi connectivity index (χ0v) is 13.4. The molecule has 0 spiro atoms. The summed E-state index contributed by atoms with van der Waals surface area (Å²) < 4.78 is 11.3. The van der Waals surface area contributed by atoms with Crippen LogP contribution in [0.1, 0.15) is 23.2 Å². The Kier molecular flexibility index (Phi) is 5.16. The molecule has 2 aromatic carbocycles. The Labute approximate surface area is 140 Å². The number of carbonyl (C=O) groups excluding carboxylic acids is 1. The average molecular weight is 332 g/mol. The highest BCUT2D eigenvalue weighted by Crippen LogP contribution is 2.20. The molecule has 0 radical (unpaired) electrons. The highest BCUT2D eigenvalue weighted by molar-refractivity contribution is 6.30. The minimum atomic E-state index is -0.182. The molecule has 1 saturated heterocycles. The smallest absolute Gasteiger partial charge is 0.255 e. The summed E-state index contributed by atoms with van der Waals surface area (Å²) in [6.07, 6.45) is 2.29. The summed E-state index contributed by atoms with van der Waals surface area (Å²) in [5.74, 6) is 0.535. The molecule has 4 nitrogen and oxygen atoms in total. The molecule has 1 aliphatic rings. The standard InChI is InChI=1S/C18H18ClNO3/c19-14-8-6-13(7-9-14)18(21)20-15-3-1-4-16(11-15)23-12-17-5-2-10-22-17/h1,3-4,6-9,11,17H,2,5,10,12H2,(H,20,21)/t17-/m1/s1. The van der Waals surface area contributed by atoms with Crippen LogP contribution in [0.2, 0.25) is 5.02 Å². The second-order valence-electron chi connectivity index (χ2n) is 5.43. The summed E-state index contributed by atoms with van der Waals surface area (Å²) in [7, 11) is 0. The van der Waals surface area contributed by atoms with Gasteiger partial charge in [0.05, 0.1) is 6.10 Å². The summed E-state index contributed by atoms with van der Waals surface area (Å²) in [5, 5.41) is 3.46. The lowest BCUT2D eigenvalue weighted by Crippen LogP contribution is -2.16. The number of nitrogens with one attached hydrogen (secondary N) is 1. The first-order chi connectivity index (χ1) is 11.2. The number of amides is 1. The van der Waals surface area contributed by atoms with E-state index >= 15 is 0 Å². The van der Waals surface area contributed by atoms with Crippen LogP contribution in [0, 0.1) is 0 Å². The van der Waals surface area contributed by atoms with E-state index in [-0.39, 0.29) is 12.0 Å². The quantitative estimate of drug-likeness (QED) is 0.895. The molecule has 1 fully saturated rings. The topological polar surface area (TPSA) is 47.6 Å². The molecule has 1 aliphatic heterocycles. The molecular formula is C18H18ClNO3. The van der Waals surface area contributed by atoms with Crippen molar-refractivity contribution in [3.63, 3.8) is 0 Å². The fraction of sp³-hybridized carbons (Fsp3) is 0.278. The molecule has 23 heavy (non-hydrogen) atoms. The van der Waals surface area contributed by atoms with Crippen LogP contribution in [0.5, 0.6) is 5.75 Å². The van der Waals surface area contributed by atoms with E-state index in [9.17, 15) is 4.79 Å². The largest absolute Gasteiger partial charge is 0.491 e. The fourth-order valence-electron chi connectivity index (χ4n) is 2.43. The van der Waals surface area contributed by atoms with Crippen molar-refractivity contribution >= 4 is 23.2 Å². The fourth-order valence-corrected chi connectivity index (χ4v) is 2.56. The monoisotopic (exact) mass is 331 g/mol. The van der Waals surface area contributed by atoms with E-state index in [0.717, 1.165) is 25.2 Å². The van der Waals surface area contributed by atoms with E-state index in [1.807, 2.05) is 24.3 Å². The van der Waals surface area contributed by atoms with Crippen LogP contribution in [-0.2, 0) is 4.74 Å². The molecule has 1 atom stereocenters. The second kappa shape index (κ2) is 7.49. The molecule has 0 aliphatic carbocycles. The van der Waals surface area contributed by atoms with E-state index in [0.29, 0.717) is 22.9 Å². The lowest BCUT2D eigenvalue weighted by Gasteiger charge is -2.12. The lowest BCUT2D eigenvalue weighted by atomic mass is 10.2. The van der Waals surface area contributed by atoms with Crippen LogP contribution in [0.15, 0.2) is 48.5 Å². The van der Waals surface area contributed by atoms with Crippen molar-refractivity contribution in [1.29, 1.82) is 0 Å². The molecular weight excluding hydrogens is 314 g/mol. The summed E-state index contributed by atoms with van der Waals surface area (Å²) in [6.45, 7) is 1.35. The number of hydrogen-bond donors (Lipinski definition) is 1. The number of hydrogen-bond acceptors (Lipinski definition) is 3. The SMILES string of the molecule is O=C(Nc1cccc(OC[C@H]2CCCO2)c1)c1ccc(Cl)cc1. The van der Waals surface area contributed by atoms with Crippen molar-refractivity contribution in [2.45, 2.75) is 18.9 Å². The first kappa shape index (κ1) is 15.8. The molecule has 3 rings (SSSR count). The Balaban J connectivity index is 1.60. The van der Waals surface area contributed by atoms with Crippen molar-refractivity contribution in [3.05, 3.63) is 59.1 Å². The number of ether oxygens (including phenoxy) is 2. The van der Waals surface area contributed by atoms with Crippen LogP contribution in [0.25, 0.3) is 0 Å². The van der Waals surface area contributed by atoms with Gasteiger partial charge in [0, 0.05) is 28.9 Å². The summed E-state index contributed by atoms with van der Waals surface area (Å²) in [6, 6.07) is 14.1. The third kappa shape index (κ3) is 4.47. The minimum absolute atomic E-state index is 0.169. The first-order valence-corrected chi connectivity index (χ1v) is 8.00. The summed E-state index contributed by atoms with van der Waals surface area (Å²) in [5.41, 5.74) is 1.25. The third-order valence-electron chi connectivity index (χ3n) is 3.66. The molecule has 1 N–H and O–H groups in total. The van der Waals surface area contributed by atoms with Gasteiger partial charge in [0.1, 0.15) is 12.4 Å². The lowest BCUT2D eigenvalue weighted by molar-refractivity contribution is 0.0680. The van der Waals surface area contributed by atoms with E-state index < -0.39 is 0 Å². The highest BCUT2D eigenvalue weighted by Gasteiger charge is 2.16. The Morgan fingerprint density at radius 3 is 2.83 bits per heavy atom. The molecule has 0 bridgehead atoms. The summed E-state index contributed by atoms with van der Waals surface area (Å²) in [4.78, 5) is 12.2. The zero-order valence-electron chi connectivity index (χ0n) is 12.6. The van der Waals surface area contributed by atoms with Gasteiger partial charge in [0.2, 0.25) is 0 Å². The number of rotatable bonds is 5. The molecule has 0 aromatic heterocycles. The summed E-state index contributed by atoms with van der Waals surface area (Å²) >= 11 is 5.83. The van der Waals surface area contributed by atoms with Gasteiger partial charge in [-0.2, -0.15) is 0 Å². The predicted octanol–water partition coefficient (Wildman–Crippen LogP) is 4.15. The van der Waals surface area contributed by atoms with Gasteiger partial charge in [-0.3, -0.25) is 4.79 Å². The van der Waals surface area contributed by atoms with Gasteiger partial charge < -0.3 is 14.8 Å². The number of halogens is 1. The third-order valence-corrected chi connectivity index (χ3v) is 3.91. The van der Waals surface area contributed by atoms with Gasteiger partial charge in [-0.25, -0.2) is 0 Å². The molecule has 0 saturated carbocycles. The Morgan fingerprint density at radius 1 is 1.26 bits per heavy atom.